The predicted octanol–water partition coefficient (Wildman–Crippen LogP) is 5.97. The lowest BCUT2D eigenvalue weighted by Crippen LogP contribution is -2.25. The van der Waals surface area contributed by atoms with E-state index in [0.717, 1.165) is 22.4 Å². The molecule has 0 saturated heterocycles. The van der Waals surface area contributed by atoms with Crippen molar-refractivity contribution in [1.29, 1.82) is 0 Å². The van der Waals surface area contributed by atoms with Gasteiger partial charge in [-0.25, -0.2) is 9.40 Å². The molecule has 0 saturated carbocycles. The van der Waals surface area contributed by atoms with Gasteiger partial charge in [0.2, 0.25) is 5.91 Å². The number of hydrogen-bond donors (Lipinski definition) is 1. The number of anilines is 1. The van der Waals surface area contributed by atoms with Crippen molar-refractivity contribution in [3.63, 3.8) is 0 Å². The highest BCUT2D eigenvalue weighted by Gasteiger charge is 2.39. The summed E-state index contributed by atoms with van der Waals surface area (Å²) in [5.74, 6) is -0.963. The van der Waals surface area contributed by atoms with Gasteiger partial charge in [-0.2, -0.15) is 10.1 Å². The van der Waals surface area contributed by atoms with Crippen LogP contribution in [0.1, 0.15) is 35.6 Å². The Balaban J connectivity index is 1.35. The highest BCUT2D eigenvalue weighted by Crippen LogP contribution is 2.38. The van der Waals surface area contributed by atoms with Crippen LogP contribution in [-0.2, 0) is 9.59 Å². The van der Waals surface area contributed by atoms with Crippen LogP contribution in [0.5, 0.6) is 0 Å². The number of nitrogens with one attached hydrogen (secondary N) is 1. The van der Waals surface area contributed by atoms with E-state index in [-0.39, 0.29) is 30.1 Å². The van der Waals surface area contributed by atoms with E-state index in [9.17, 15) is 14.0 Å². The number of thioether (sulfide) groups is 1. The third kappa shape index (κ3) is 5.34. The van der Waals surface area contributed by atoms with Crippen LogP contribution in [0.25, 0.3) is 0 Å². The molecular weight excluding hydrogens is 499 g/mol. The number of amidine groups is 1. The fourth-order valence-electron chi connectivity index (χ4n) is 4.07. The Morgan fingerprint density at radius 3 is 2.47 bits per heavy atom. The van der Waals surface area contributed by atoms with Gasteiger partial charge < -0.3 is 5.32 Å². The van der Waals surface area contributed by atoms with Crippen molar-refractivity contribution in [2.75, 3.05) is 5.32 Å². The van der Waals surface area contributed by atoms with Gasteiger partial charge in [-0.3, -0.25) is 9.59 Å². The van der Waals surface area contributed by atoms with E-state index in [4.69, 9.17) is 16.7 Å². The molecule has 6 nitrogen and oxygen atoms in total. The average molecular weight is 521 g/mol. The molecule has 0 spiro atoms. The topological polar surface area (TPSA) is 74.1 Å². The van der Waals surface area contributed by atoms with Gasteiger partial charge in [0, 0.05) is 23.6 Å². The van der Waals surface area contributed by atoms with Crippen LogP contribution >= 0.6 is 23.4 Å². The van der Waals surface area contributed by atoms with Gasteiger partial charge in [0.15, 0.2) is 5.17 Å². The largest absolute Gasteiger partial charge is 0.326 e. The molecule has 0 aromatic heterocycles. The quantitative estimate of drug-likeness (QED) is 0.450. The van der Waals surface area contributed by atoms with E-state index in [0.29, 0.717) is 22.3 Å². The number of rotatable bonds is 5. The smallest absolute Gasteiger partial charge is 0.262 e. The Morgan fingerprint density at radius 1 is 1.08 bits per heavy atom. The second-order valence-corrected chi connectivity index (χ2v) is 10.2. The van der Waals surface area contributed by atoms with Crippen molar-refractivity contribution < 1.29 is 14.0 Å². The molecule has 0 aliphatic carbocycles. The van der Waals surface area contributed by atoms with E-state index < -0.39 is 5.25 Å². The SMILES string of the molecule is Cc1ccc(NC(=O)C[C@@H]2SC(N3N=C(c4ccc(Cl)cc4)C[C@H]3c3ccc(F)cc3)=NC2=O)cc1. The molecule has 3 aromatic rings. The first kappa shape index (κ1) is 24.2. The van der Waals surface area contributed by atoms with Crippen molar-refractivity contribution in [1.82, 2.24) is 5.01 Å². The summed E-state index contributed by atoms with van der Waals surface area (Å²) in [6.45, 7) is 1.97. The van der Waals surface area contributed by atoms with Crippen LogP contribution in [-0.4, -0.2) is 33.0 Å². The summed E-state index contributed by atoms with van der Waals surface area (Å²) in [6.07, 6.45) is 0.535. The van der Waals surface area contributed by atoms with Crippen LogP contribution in [0.2, 0.25) is 5.02 Å². The molecule has 0 fully saturated rings. The minimum atomic E-state index is -0.644. The lowest BCUT2D eigenvalue weighted by Gasteiger charge is -2.23. The number of nitrogens with zero attached hydrogens (tertiary/aromatic N) is 3. The maximum absolute atomic E-state index is 13.6. The molecule has 36 heavy (non-hydrogen) atoms. The van der Waals surface area contributed by atoms with Crippen molar-refractivity contribution in [3.8, 4) is 0 Å². The number of hydrazone groups is 1. The minimum Gasteiger partial charge on any atom is -0.326 e. The molecule has 2 aliphatic rings. The maximum Gasteiger partial charge on any atom is 0.262 e. The highest BCUT2D eigenvalue weighted by atomic mass is 35.5. The second kappa shape index (κ2) is 10.2. The number of halogens is 2. The molecule has 9 heteroatoms. The highest BCUT2D eigenvalue weighted by molar-refractivity contribution is 8.15. The molecule has 2 heterocycles. The third-order valence-corrected chi connectivity index (χ3v) is 7.37. The maximum atomic E-state index is 13.6. The van der Waals surface area contributed by atoms with Crippen LogP contribution < -0.4 is 5.32 Å². The Bertz CT molecular complexity index is 1360. The standard InChI is InChI=1S/C27H22ClFN4O2S/c1-16-2-12-21(13-3-16)30-25(34)15-24-26(35)31-27(36-24)33-23(18-6-10-20(29)11-7-18)14-22(32-33)17-4-8-19(28)9-5-17/h2-13,23-24H,14-15H2,1H3,(H,30,34)/t23-,24-/m0/s1. The van der Waals surface area contributed by atoms with Crippen molar-refractivity contribution in [2.24, 2.45) is 10.1 Å². The van der Waals surface area contributed by atoms with E-state index in [1.807, 2.05) is 43.3 Å². The normalized spacial score (nSPS) is 19.3. The summed E-state index contributed by atoms with van der Waals surface area (Å²) < 4.78 is 13.6. The monoisotopic (exact) mass is 520 g/mol. The molecule has 2 aliphatic heterocycles. The van der Waals surface area contributed by atoms with E-state index in [1.54, 1.807) is 29.3 Å². The Kier molecular flexibility index (Phi) is 6.89. The molecule has 0 bridgehead atoms. The average Bonchev–Trinajstić information content (AvgIpc) is 3.45. The summed E-state index contributed by atoms with van der Waals surface area (Å²) in [4.78, 5) is 29.6. The third-order valence-electron chi connectivity index (χ3n) is 5.97. The molecule has 0 unspecified atom stereocenters. The number of aryl methyl sites for hydroxylation is 1. The van der Waals surface area contributed by atoms with Crippen molar-refractivity contribution in [2.45, 2.75) is 31.1 Å². The van der Waals surface area contributed by atoms with E-state index in [2.05, 4.69) is 10.3 Å². The van der Waals surface area contributed by atoms with Crippen molar-refractivity contribution in [3.05, 3.63) is 100 Å². The zero-order valence-electron chi connectivity index (χ0n) is 19.3. The van der Waals surface area contributed by atoms with Gasteiger partial charge in [-0.05, 0) is 54.4 Å². The summed E-state index contributed by atoms with van der Waals surface area (Å²) in [7, 11) is 0. The minimum absolute atomic E-state index is 0.00676. The summed E-state index contributed by atoms with van der Waals surface area (Å²) in [5, 5.41) is 9.72. The number of carbonyl (C=O) groups is 2. The molecule has 2 amide bonds. The lowest BCUT2D eigenvalue weighted by molar-refractivity contribution is -0.121. The van der Waals surface area contributed by atoms with Gasteiger partial charge in [0.05, 0.1) is 11.8 Å². The summed E-state index contributed by atoms with van der Waals surface area (Å²) >= 11 is 7.27. The number of aliphatic imine (C=N–C) groups is 1. The van der Waals surface area contributed by atoms with Crippen LogP contribution in [0, 0.1) is 12.7 Å². The fourth-order valence-corrected chi connectivity index (χ4v) is 5.26. The first-order chi connectivity index (χ1) is 17.4. The van der Waals surface area contributed by atoms with Crippen LogP contribution in [0.4, 0.5) is 10.1 Å². The van der Waals surface area contributed by atoms with Gasteiger partial charge in [0.1, 0.15) is 11.1 Å². The number of benzene rings is 3. The molecule has 3 aromatic carbocycles. The van der Waals surface area contributed by atoms with Gasteiger partial charge in [0.25, 0.3) is 5.91 Å². The molecule has 182 valence electrons. The zero-order valence-corrected chi connectivity index (χ0v) is 20.9. The van der Waals surface area contributed by atoms with Gasteiger partial charge in [-0.1, -0.05) is 65.3 Å². The fraction of sp³-hybridized carbons (Fsp3) is 0.185. The molecule has 0 radical (unpaired) electrons. The van der Waals surface area contributed by atoms with E-state index in [1.165, 1.54) is 23.9 Å². The number of hydrogen-bond acceptors (Lipinski definition) is 5. The van der Waals surface area contributed by atoms with Crippen molar-refractivity contribution >= 4 is 51.7 Å². The van der Waals surface area contributed by atoms with Crippen LogP contribution in [0.15, 0.2) is 82.9 Å². The first-order valence-electron chi connectivity index (χ1n) is 11.4. The zero-order chi connectivity index (χ0) is 25.2. The van der Waals surface area contributed by atoms with E-state index >= 15 is 0 Å². The molecule has 1 N–H and O–H groups in total. The predicted molar refractivity (Wildman–Crippen MR) is 142 cm³/mol. The second-order valence-electron chi connectivity index (χ2n) is 8.63. The van der Waals surface area contributed by atoms with Gasteiger partial charge in [-0.15, -0.1) is 0 Å². The molecule has 2 atom stereocenters. The number of amides is 2. The molecule has 5 rings (SSSR count). The summed E-state index contributed by atoms with van der Waals surface area (Å²) in [6, 6.07) is 20.8. The Labute approximate surface area is 217 Å². The van der Waals surface area contributed by atoms with Gasteiger partial charge >= 0.3 is 0 Å². The Morgan fingerprint density at radius 2 is 1.78 bits per heavy atom. The Hall–Kier alpha value is -3.49. The van der Waals surface area contributed by atoms with Crippen LogP contribution in [0.3, 0.4) is 0 Å². The summed E-state index contributed by atoms with van der Waals surface area (Å²) in [5.41, 5.74) is 4.32. The lowest BCUT2D eigenvalue weighted by atomic mass is 9.98. The number of carbonyl (C=O) groups excluding carboxylic acids is 2. The first-order valence-corrected chi connectivity index (χ1v) is 12.7. The molecular formula is C27H22ClFN4O2S.